The van der Waals surface area contributed by atoms with E-state index in [2.05, 4.69) is 41.3 Å². The van der Waals surface area contributed by atoms with Crippen LogP contribution in [-0.4, -0.2) is 39.9 Å². The van der Waals surface area contributed by atoms with Gasteiger partial charge in [-0.25, -0.2) is 0 Å². The zero-order chi connectivity index (χ0) is 16.8. The maximum absolute atomic E-state index is 5.78. The van der Waals surface area contributed by atoms with E-state index in [9.17, 15) is 0 Å². The number of rotatable bonds is 6. The monoisotopic (exact) mass is 327 g/mol. The molecule has 0 spiro atoms. The number of anilines is 1. The number of nitrogens with zero attached hydrogens (tertiary/aromatic N) is 1. The van der Waals surface area contributed by atoms with E-state index in [4.69, 9.17) is 9.47 Å². The van der Waals surface area contributed by atoms with Crippen molar-refractivity contribution in [1.29, 1.82) is 0 Å². The van der Waals surface area contributed by atoms with Gasteiger partial charge in [0.05, 0.1) is 45.6 Å². The number of piperazine rings is 1. The van der Waals surface area contributed by atoms with Crippen LogP contribution in [0.2, 0.25) is 0 Å². The van der Waals surface area contributed by atoms with Crippen molar-refractivity contribution in [1.82, 2.24) is 0 Å². The lowest BCUT2D eigenvalue weighted by Gasteiger charge is -2.34. The van der Waals surface area contributed by atoms with Gasteiger partial charge in [-0.1, -0.05) is 24.3 Å². The molecule has 0 aromatic heterocycles. The summed E-state index contributed by atoms with van der Waals surface area (Å²) in [5, 5.41) is 0. The third kappa shape index (κ3) is 4.01. The smallest absolute Gasteiger partial charge is 0.142 e. The van der Waals surface area contributed by atoms with E-state index in [-0.39, 0.29) is 0 Å². The molecule has 4 heteroatoms. The number of quaternary nitrogens is 1. The van der Waals surface area contributed by atoms with Gasteiger partial charge in [0.2, 0.25) is 0 Å². The van der Waals surface area contributed by atoms with E-state index in [1.165, 1.54) is 11.3 Å². The van der Waals surface area contributed by atoms with Gasteiger partial charge in [-0.05, 0) is 31.2 Å². The fourth-order valence-electron chi connectivity index (χ4n) is 3.31. The van der Waals surface area contributed by atoms with E-state index in [0.29, 0.717) is 6.61 Å². The summed E-state index contributed by atoms with van der Waals surface area (Å²) in [6.45, 7) is 8.19. The van der Waals surface area contributed by atoms with Crippen molar-refractivity contribution in [3.63, 3.8) is 0 Å². The first kappa shape index (κ1) is 16.7. The average Bonchev–Trinajstić information content (AvgIpc) is 2.63. The third-order valence-electron chi connectivity index (χ3n) is 4.56. The Kier molecular flexibility index (Phi) is 5.59. The second-order valence-corrected chi connectivity index (χ2v) is 6.17. The number of methoxy groups -OCH3 is 1. The van der Waals surface area contributed by atoms with Crippen molar-refractivity contribution in [2.24, 2.45) is 0 Å². The molecule has 4 nitrogen and oxygen atoms in total. The van der Waals surface area contributed by atoms with Gasteiger partial charge >= 0.3 is 0 Å². The van der Waals surface area contributed by atoms with Crippen LogP contribution in [0.3, 0.4) is 0 Å². The van der Waals surface area contributed by atoms with Crippen LogP contribution in [-0.2, 0) is 6.54 Å². The summed E-state index contributed by atoms with van der Waals surface area (Å²) in [7, 11) is 1.72. The Hall–Kier alpha value is -2.20. The molecule has 128 valence electrons. The fourth-order valence-corrected chi connectivity index (χ4v) is 3.31. The van der Waals surface area contributed by atoms with Gasteiger partial charge in [0.25, 0.3) is 0 Å². The van der Waals surface area contributed by atoms with Gasteiger partial charge in [0.15, 0.2) is 0 Å². The van der Waals surface area contributed by atoms with Crippen LogP contribution in [0, 0.1) is 0 Å². The van der Waals surface area contributed by atoms with Gasteiger partial charge in [0, 0.05) is 5.56 Å². The Morgan fingerprint density at radius 3 is 2.58 bits per heavy atom. The molecule has 1 N–H and O–H groups in total. The lowest BCUT2D eigenvalue weighted by Crippen LogP contribution is -3.13. The predicted molar refractivity (Wildman–Crippen MR) is 97.2 cm³/mol. The summed E-state index contributed by atoms with van der Waals surface area (Å²) in [5.74, 6) is 1.94. The zero-order valence-corrected chi connectivity index (χ0v) is 14.6. The van der Waals surface area contributed by atoms with E-state index < -0.39 is 0 Å². The molecule has 0 atom stereocenters. The molecular weight excluding hydrogens is 300 g/mol. The van der Waals surface area contributed by atoms with E-state index in [1.54, 1.807) is 12.0 Å². The predicted octanol–water partition coefficient (Wildman–Crippen LogP) is 2.00. The first-order chi connectivity index (χ1) is 11.8. The Morgan fingerprint density at radius 1 is 1.04 bits per heavy atom. The van der Waals surface area contributed by atoms with Crippen LogP contribution in [0.15, 0.2) is 48.5 Å². The van der Waals surface area contributed by atoms with Crippen molar-refractivity contribution in [3.8, 4) is 11.5 Å². The maximum Gasteiger partial charge on any atom is 0.142 e. The second kappa shape index (κ2) is 8.06. The summed E-state index contributed by atoms with van der Waals surface area (Å²) in [4.78, 5) is 4.06. The van der Waals surface area contributed by atoms with Crippen LogP contribution < -0.4 is 19.3 Å². The number of benzene rings is 2. The van der Waals surface area contributed by atoms with Crippen molar-refractivity contribution in [3.05, 3.63) is 54.1 Å². The third-order valence-corrected chi connectivity index (χ3v) is 4.56. The standard InChI is InChI=1S/C20H26N2O2/c1-3-24-20-10-5-4-9-19(20)22-13-11-21(12-14-22)16-17-7-6-8-18(15-17)23-2/h4-10,15H,3,11-14,16H2,1-2H3/p+1. The average molecular weight is 327 g/mol. The van der Waals surface area contributed by atoms with Crippen molar-refractivity contribution in [2.45, 2.75) is 13.5 Å². The number of nitrogens with one attached hydrogen (secondary N) is 1. The maximum atomic E-state index is 5.78. The number of para-hydroxylation sites is 2. The lowest BCUT2D eigenvalue weighted by molar-refractivity contribution is -0.914. The molecule has 1 fully saturated rings. The van der Waals surface area contributed by atoms with Crippen molar-refractivity contribution >= 4 is 5.69 Å². The Balaban J connectivity index is 1.59. The first-order valence-corrected chi connectivity index (χ1v) is 8.73. The molecular formula is C20H27N2O2+. The van der Waals surface area contributed by atoms with Crippen LogP contribution in [0.4, 0.5) is 5.69 Å². The Bertz CT molecular complexity index is 652. The van der Waals surface area contributed by atoms with Crippen molar-refractivity contribution in [2.75, 3.05) is 44.8 Å². The molecule has 0 radical (unpaired) electrons. The van der Waals surface area contributed by atoms with E-state index in [0.717, 1.165) is 44.2 Å². The topological polar surface area (TPSA) is 26.1 Å². The highest BCUT2D eigenvalue weighted by Crippen LogP contribution is 2.27. The van der Waals surface area contributed by atoms with Gasteiger partial charge in [0.1, 0.15) is 18.0 Å². The quantitative estimate of drug-likeness (QED) is 0.879. The molecule has 0 amide bonds. The normalized spacial score (nSPS) is 15.3. The first-order valence-electron chi connectivity index (χ1n) is 8.73. The molecule has 2 aromatic carbocycles. The lowest BCUT2D eigenvalue weighted by atomic mass is 10.1. The Morgan fingerprint density at radius 2 is 1.83 bits per heavy atom. The van der Waals surface area contributed by atoms with Crippen LogP contribution in [0.1, 0.15) is 12.5 Å². The summed E-state index contributed by atoms with van der Waals surface area (Å²) < 4.78 is 11.1. The van der Waals surface area contributed by atoms with Gasteiger partial charge in [-0.15, -0.1) is 0 Å². The minimum atomic E-state index is 0.706. The number of hydrogen-bond acceptors (Lipinski definition) is 3. The molecule has 0 saturated carbocycles. The molecule has 0 aliphatic carbocycles. The van der Waals surface area contributed by atoms with Crippen molar-refractivity contribution < 1.29 is 14.4 Å². The molecule has 2 aromatic rings. The molecule has 1 aliphatic rings. The molecule has 1 aliphatic heterocycles. The molecule has 0 unspecified atom stereocenters. The molecule has 3 rings (SSSR count). The van der Waals surface area contributed by atoms with Gasteiger partial charge in [-0.2, -0.15) is 0 Å². The van der Waals surface area contributed by atoms with Crippen LogP contribution >= 0.6 is 0 Å². The summed E-state index contributed by atoms with van der Waals surface area (Å²) in [6.07, 6.45) is 0. The second-order valence-electron chi connectivity index (χ2n) is 6.17. The molecule has 0 bridgehead atoms. The fraction of sp³-hybridized carbons (Fsp3) is 0.400. The zero-order valence-electron chi connectivity index (χ0n) is 14.6. The molecule has 1 saturated heterocycles. The summed E-state index contributed by atoms with van der Waals surface area (Å²) in [6, 6.07) is 16.8. The Labute approximate surface area is 144 Å². The highest BCUT2D eigenvalue weighted by molar-refractivity contribution is 5.58. The minimum Gasteiger partial charge on any atom is -0.497 e. The largest absolute Gasteiger partial charge is 0.497 e. The number of hydrogen-bond donors (Lipinski definition) is 1. The molecule has 1 heterocycles. The number of ether oxygens (including phenoxy) is 2. The van der Waals surface area contributed by atoms with Crippen LogP contribution in [0.5, 0.6) is 11.5 Å². The van der Waals surface area contributed by atoms with Crippen LogP contribution in [0.25, 0.3) is 0 Å². The van der Waals surface area contributed by atoms with Gasteiger partial charge in [-0.3, -0.25) is 0 Å². The summed E-state index contributed by atoms with van der Waals surface area (Å²) in [5.41, 5.74) is 2.56. The SMILES string of the molecule is CCOc1ccccc1N1CC[NH+](Cc2cccc(OC)c2)CC1. The van der Waals surface area contributed by atoms with Gasteiger partial charge < -0.3 is 19.3 Å². The highest BCUT2D eigenvalue weighted by Gasteiger charge is 2.22. The van der Waals surface area contributed by atoms with E-state index in [1.807, 2.05) is 19.1 Å². The summed E-state index contributed by atoms with van der Waals surface area (Å²) >= 11 is 0. The minimum absolute atomic E-state index is 0.706. The molecule has 24 heavy (non-hydrogen) atoms. The highest BCUT2D eigenvalue weighted by atomic mass is 16.5. The van der Waals surface area contributed by atoms with E-state index >= 15 is 0 Å².